The Morgan fingerprint density at radius 3 is 2.61 bits per heavy atom. The Morgan fingerprint density at radius 2 is 2.06 bits per heavy atom. The van der Waals surface area contributed by atoms with E-state index in [4.69, 9.17) is 0 Å². The van der Waals surface area contributed by atoms with E-state index in [0.29, 0.717) is 6.42 Å². The summed E-state index contributed by atoms with van der Waals surface area (Å²) in [6.07, 6.45) is 2.30. The fraction of sp³-hybridized carbons (Fsp3) is 1.00. The Morgan fingerprint density at radius 1 is 1.28 bits per heavy atom. The smallest absolute Gasteiger partial charge is 0.212 e. The molecule has 2 heterocycles. The molecule has 0 amide bonds. The standard InChI is InChI=1S/C10H20N2O4S2/c13-17(14)5-3-10(8-17)12-18(15,16)7-9-2-1-4-11-6-9/h9-12H,1-8H2. The molecule has 0 spiro atoms. The van der Waals surface area contributed by atoms with Crippen molar-refractivity contribution in [1.29, 1.82) is 0 Å². The highest BCUT2D eigenvalue weighted by molar-refractivity contribution is 7.92. The molecule has 18 heavy (non-hydrogen) atoms. The molecule has 6 nitrogen and oxygen atoms in total. The number of hydrogen-bond donors (Lipinski definition) is 2. The molecule has 2 rings (SSSR count). The predicted octanol–water partition coefficient (Wildman–Crippen LogP) is -0.907. The quantitative estimate of drug-likeness (QED) is 0.701. The molecule has 0 bridgehead atoms. The fourth-order valence-corrected chi connectivity index (χ4v) is 6.06. The summed E-state index contributed by atoms with van der Waals surface area (Å²) in [5, 5.41) is 3.18. The Kier molecular flexibility index (Phi) is 4.30. The van der Waals surface area contributed by atoms with Gasteiger partial charge in [0.25, 0.3) is 0 Å². The van der Waals surface area contributed by atoms with Gasteiger partial charge in [0.05, 0.1) is 17.3 Å². The van der Waals surface area contributed by atoms with Crippen LogP contribution in [0.5, 0.6) is 0 Å². The Hall–Kier alpha value is -0.180. The molecule has 0 radical (unpaired) electrons. The van der Waals surface area contributed by atoms with Crippen molar-refractivity contribution in [2.24, 2.45) is 5.92 Å². The average Bonchev–Trinajstić information content (AvgIpc) is 2.57. The lowest BCUT2D eigenvalue weighted by Crippen LogP contribution is -2.41. The highest BCUT2D eigenvalue weighted by Crippen LogP contribution is 2.15. The van der Waals surface area contributed by atoms with Gasteiger partial charge < -0.3 is 5.32 Å². The molecule has 2 saturated heterocycles. The van der Waals surface area contributed by atoms with Crippen molar-refractivity contribution in [3.8, 4) is 0 Å². The van der Waals surface area contributed by atoms with E-state index in [-0.39, 0.29) is 23.2 Å². The molecule has 2 N–H and O–H groups in total. The van der Waals surface area contributed by atoms with Crippen molar-refractivity contribution in [3.05, 3.63) is 0 Å². The zero-order valence-electron chi connectivity index (χ0n) is 10.3. The third-order valence-electron chi connectivity index (χ3n) is 3.43. The van der Waals surface area contributed by atoms with Crippen molar-refractivity contribution < 1.29 is 16.8 Å². The second-order valence-electron chi connectivity index (χ2n) is 5.21. The number of piperidine rings is 1. The molecule has 0 aromatic carbocycles. The van der Waals surface area contributed by atoms with Gasteiger partial charge in [-0.05, 0) is 38.3 Å². The first-order chi connectivity index (χ1) is 8.36. The van der Waals surface area contributed by atoms with Gasteiger partial charge in [0.2, 0.25) is 10.0 Å². The maximum absolute atomic E-state index is 11.9. The second kappa shape index (κ2) is 5.44. The van der Waals surface area contributed by atoms with Crippen LogP contribution in [0.4, 0.5) is 0 Å². The van der Waals surface area contributed by atoms with Gasteiger partial charge in [0.1, 0.15) is 0 Å². The Bertz CT molecular complexity index is 480. The highest BCUT2D eigenvalue weighted by atomic mass is 32.2. The molecular weight excluding hydrogens is 276 g/mol. The Labute approximate surface area is 108 Å². The summed E-state index contributed by atoms with van der Waals surface area (Å²) in [6.45, 7) is 1.68. The van der Waals surface area contributed by atoms with Crippen LogP contribution in [0.3, 0.4) is 0 Å². The van der Waals surface area contributed by atoms with Crippen molar-refractivity contribution in [2.45, 2.75) is 25.3 Å². The zero-order chi connectivity index (χ0) is 13.2. The molecule has 2 unspecified atom stereocenters. The van der Waals surface area contributed by atoms with Gasteiger partial charge in [0.15, 0.2) is 9.84 Å². The van der Waals surface area contributed by atoms with Gasteiger partial charge >= 0.3 is 0 Å². The molecule has 0 aromatic heterocycles. The van der Waals surface area contributed by atoms with Crippen LogP contribution in [0.2, 0.25) is 0 Å². The third kappa shape index (κ3) is 4.18. The second-order valence-corrected chi connectivity index (χ2v) is 9.24. The van der Waals surface area contributed by atoms with Crippen LogP contribution in [-0.4, -0.2) is 53.2 Å². The van der Waals surface area contributed by atoms with E-state index in [1.165, 1.54) is 0 Å². The van der Waals surface area contributed by atoms with Crippen LogP contribution < -0.4 is 10.0 Å². The summed E-state index contributed by atoms with van der Waals surface area (Å²) in [7, 11) is -6.41. The lowest BCUT2D eigenvalue weighted by Gasteiger charge is -2.23. The number of sulfone groups is 1. The topological polar surface area (TPSA) is 92.3 Å². The summed E-state index contributed by atoms with van der Waals surface area (Å²) < 4.78 is 48.9. The van der Waals surface area contributed by atoms with E-state index in [0.717, 1.165) is 25.9 Å². The van der Waals surface area contributed by atoms with Crippen LogP contribution >= 0.6 is 0 Å². The van der Waals surface area contributed by atoms with Gasteiger partial charge in [-0.1, -0.05) is 0 Å². The van der Waals surface area contributed by atoms with Crippen molar-refractivity contribution >= 4 is 19.9 Å². The van der Waals surface area contributed by atoms with Crippen LogP contribution in [0.1, 0.15) is 19.3 Å². The largest absolute Gasteiger partial charge is 0.316 e. The minimum atomic E-state index is -3.37. The average molecular weight is 296 g/mol. The molecule has 106 valence electrons. The van der Waals surface area contributed by atoms with Crippen LogP contribution in [0.15, 0.2) is 0 Å². The van der Waals surface area contributed by atoms with Gasteiger partial charge in [0, 0.05) is 6.04 Å². The molecule has 2 fully saturated rings. The Balaban J connectivity index is 1.87. The number of sulfonamides is 1. The van der Waals surface area contributed by atoms with Crippen LogP contribution in [-0.2, 0) is 19.9 Å². The van der Waals surface area contributed by atoms with E-state index in [1.807, 2.05) is 0 Å². The minimum Gasteiger partial charge on any atom is -0.316 e. The first-order valence-corrected chi connectivity index (χ1v) is 9.75. The number of hydrogen-bond acceptors (Lipinski definition) is 5. The minimum absolute atomic E-state index is 0.0604. The van der Waals surface area contributed by atoms with Gasteiger partial charge in [-0.2, -0.15) is 0 Å². The molecule has 2 aliphatic rings. The molecule has 0 saturated carbocycles. The molecule has 2 aliphatic heterocycles. The van der Waals surface area contributed by atoms with Crippen molar-refractivity contribution in [3.63, 3.8) is 0 Å². The molecule has 0 aromatic rings. The SMILES string of the molecule is O=S1(=O)CCC(NS(=O)(=O)CC2CCCNC2)C1. The summed E-state index contributed by atoms with van der Waals surface area (Å²) >= 11 is 0. The monoisotopic (exact) mass is 296 g/mol. The van der Waals surface area contributed by atoms with Gasteiger partial charge in [-0.15, -0.1) is 0 Å². The normalized spacial score (nSPS) is 32.4. The van der Waals surface area contributed by atoms with E-state index >= 15 is 0 Å². The third-order valence-corrected chi connectivity index (χ3v) is 6.80. The summed E-state index contributed by atoms with van der Waals surface area (Å²) in [5.74, 6) is 0.255. The van der Waals surface area contributed by atoms with Crippen molar-refractivity contribution in [2.75, 3.05) is 30.3 Å². The summed E-state index contributed by atoms with van der Waals surface area (Å²) in [5.41, 5.74) is 0. The lowest BCUT2D eigenvalue weighted by atomic mass is 10.0. The molecule has 8 heteroatoms. The van der Waals surface area contributed by atoms with Gasteiger partial charge in [-0.3, -0.25) is 0 Å². The van der Waals surface area contributed by atoms with E-state index in [1.54, 1.807) is 0 Å². The zero-order valence-corrected chi connectivity index (χ0v) is 11.9. The van der Waals surface area contributed by atoms with Crippen LogP contribution in [0.25, 0.3) is 0 Å². The van der Waals surface area contributed by atoms with Crippen molar-refractivity contribution in [1.82, 2.24) is 10.0 Å². The molecular formula is C10H20N2O4S2. The summed E-state index contributed by atoms with van der Waals surface area (Å²) in [4.78, 5) is 0. The van der Waals surface area contributed by atoms with E-state index < -0.39 is 25.9 Å². The first-order valence-electron chi connectivity index (χ1n) is 6.27. The first kappa shape index (κ1) is 14.2. The highest BCUT2D eigenvalue weighted by Gasteiger charge is 2.31. The molecule has 2 atom stereocenters. The van der Waals surface area contributed by atoms with E-state index in [2.05, 4.69) is 10.0 Å². The predicted molar refractivity (Wildman–Crippen MR) is 69.6 cm³/mol. The van der Waals surface area contributed by atoms with E-state index in [9.17, 15) is 16.8 Å². The maximum atomic E-state index is 11.9. The number of rotatable bonds is 4. The lowest BCUT2D eigenvalue weighted by molar-refractivity contribution is 0.402. The molecule has 0 aliphatic carbocycles. The van der Waals surface area contributed by atoms with Crippen LogP contribution in [0, 0.1) is 5.92 Å². The van der Waals surface area contributed by atoms with Gasteiger partial charge in [-0.25, -0.2) is 21.6 Å². The fourth-order valence-electron chi connectivity index (χ4n) is 2.57. The summed E-state index contributed by atoms with van der Waals surface area (Å²) in [6, 6.07) is -0.434. The number of nitrogens with one attached hydrogen (secondary N) is 2. The maximum Gasteiger partial charge on any atom is 0.212 e.